The number of nitrogens with one attached hydrogen (secondary N) is 1. The minimum atomic E-state index is -0.354. The van der Waals surface area contributed by atoms with Gasteiger partial charge in [0, 0.05) is 6.04 Å². The van der Waals surface area contributed by atoms with Crippen molar-refractivity contribution >= 4 is 5.91 Å². The van der Waals surface area contributed by atoms with Crippen molar-refractivity contribution in [3.63, 3.8) is 0 Å². The topological polar surface area (TPSA) is 55.1 Å². The number of hydrogen-bond donors (Lipinski definition) is 2. The lowest BCUT2D eigenvalue weighted by Gasteiger charge is -2.15. The molecule has 1 atom stereocenters. The van der Waals surface area contributed by atoms with Gasteiger partial charge in [0.05, 0.1) is 6.04 Å². The Hall–Kier alpha value is -0.570. The first-order valence-electron chi connectivity index (χ1n) is 4.49. The summed E-state index contributed by atoms with van der Waals surface area (Å²) in [6, 6.07) is -0.178. The minimum Gasteiger partial charge on any atom is -0.353 e. The summed E-state index contributed by atoms with van der Waals surface area (Å²) in [4.78, 5) is 11.3. The number of carbonyl (C=O) groups is 1. The molecule has 0 spiro atoms. The predicted octanol–water partition coefficient (Wildman–Crippen LogP) is 0.884. The molecular weight excluding hydrogens is 152 g/mol. The Bertz CT molecular complexity index is 143. The monoisotopic (exact) mass is 172 g/mol. The fraction of sp³-hybridized carbons (Fsp3) is 0.889. The van der Waals surface area contributed by atoms with Crippen LogP contribution >= 0.6 is 0 Å². The van der Waals surface area contributed by atoms with Gasteiger partial charge in [0.2, 0.25) is 5.91 Å². The Morgan fingerprint density at radius 2 is 1.83 bits per heavy atom. The summed E-state index contributed by atoms with van der Waals surface area (Å²) in [5.74, 6) is 0.427. The van der Waals surface area contributed by atoms with Gasteiger partial charge in [0.15, 0.2) is 0 Å². The molecule has 0 aromatic carbocycles. The summed E-state index contributed by atoms with van der Waals surface area (Å²) in [6.07, 6.45) is 0.749. The smallest absolute Gasteiger partial charge is 0.237 e. The summed E-state index contributed by atoms with van der Waals surface area (Å²) in [6.45, 7) is 7.98. The maximum Gasteiger partial charge on any atom is 0.237 e. The average Bonchev–Trinajstić information content (AvgIpc) is 1.84. The Morgan fingerprint density at radius 1 is 1.33 bits per heavy atom. The number of carbonyl (C=O) groups excluding carboxylic acids is 1. The highest BCUT2D eigenvalue weighted by Crippen LogP contribution is 2.02. The van der Waals surface area contributed by atoms with Crippen molar-refractivity contribution in [1.82, 2.24) is 5.32 Å². The van der Waals surface area contributed by atoms with Crippen molar-refractivity contribution in [1.29, 1.82) is 0 Å². The lowest BCUT2D eigenvalue weighted by molar-refractivity contribution is -0.123. The fourth-order valence-corrected chi connectivity index (χ4v) is 1.01. The summed E-state index contributed by atoms with van der Waals surface area (Å²) >= 11 is 0. The zero-order valence-corrected chi connectivity index (χ0v) is 8.42. The molecule has 0 saturated heterocycles. The van der Waals surface area contributed by atoms with E-state index in [4.69, 9.17) is 5.73 Å². The van der Waals surface area contributed by atoms with Gasteiger partial charge in [-0.3, -0.25) is 4.79 Å². The molecule has 0 bridgehead atoms. The van der Waals surface area contributed by atoms with Gasteiger partial charge in [0.25, 0.3) is 0 Å². The molecule has 0 aliphatic carbocycles. The standard InChI is InChI=1S/C9H20N2O/c1-6(2)5-8(10)9(12)11-7(3)4/h6-8H,5,10H2,1-4H3,(H,11,12)/t8-/m1/s1. The third kappa shape index (κ3) is 5.13. The van der Waals surface area contributed by atoms with E-state index < -0.39 is 0 Å². The summed E-state index contributed by atoms with van der Waals surface area (Å²) in [5.41, 5.74) is 5.65. The molecule has 0 aromatic rings. The summed E-state index contributed by atoms with van der Waals surface area (Å²) in [5, 5.41) is 2.78. The first-order valence-corrected chi connectivity index (χ1v) is 4.49. The van der Waals surface area contributed by atoms with E-state index in [1.165, 1.54) is 0 Å². The zero-order valence-electron chi connectivity index (χ0n) is 8.42. The predicted molar refractivity (Wildman–Crippen MR) is 50.7 cm³/mol. The first-order chi connectivity index (χ1) is 5.43. The molecule has 0 rings (SSSR count). The largest absolute Gasteiger partial charge is 0.353 e. The van der Waals surface area contributed by atoms with E-state index in [2.05, 4.69) is 19.2 Å². The normalized spacial score (nSPS) is 13.6. The quantitative estimate of drug-likeness (QED) is 0.661. The molecule has 3 N–H and O–H groups in total. The molecule has 0 aromatic heterocycles. The van der Waals surface area contributed by atoms with Crippen LogP contribution < -0.4 is 11.1 Å². The first kappa shape index (κ1) is 11.4. The molecule has 0 radical (unpaired) electrons. The Kier molecular flexibility index (Phi) is 4.90. The third-order valence-electron chi connectivity index (χ3n) is 1.49. The Morgan fingerprint density at radius 3 is 2.17 bits per heavy atom. The van der Waals surface area contributed by atoms with Gasteiger partial charge >= 0.3 is 0 Å². The molecule has 0 fully saturated rings. The minimum absolute atomic E-state index is 0.0429. The van der Waals surface area contributed by atoms with Crippen LogP contribution in [0.25, 0.3) is 0 Å². The lowest BCUT2D eigenvalue weighted by Crippen LogP contribution is -2.44. The Labute approximate surface area is 74.7 Å². The van der Waals surface area contributed by atoms with Crippen molar-refractivity contribution in [2.75, 3.05) is 0 Å². The van der Waals surface area contributed by atoms with Gasteiger partial charge in [-0.15, -0.1) is 0 Å². The van der Waals surface area contributed by atoms with Crippen LogP contribution in [0, 0.1) is 5.92 Å². The van der Waals surface area contributed by atoms with Crippen LogP contribution in [0.3, 0.4) is 0 Å². The van der Waals surface area contributed by atoms with Crippen LogP contribution in [0.15, 0.2) is 0 Å². The van der Waals surface area contributed by atoms with E-state index in [0.717, 1.165) is 6.42 Å². The summed E-state index contributed by atoms with van der Waals surface area (Å²) in [7, 11) is 0. The molecule has 1 amide bonds. The Balaban J connectivity index is 3.77. The maximum atomic E-state index is 11.3. The van der Waals surface area contributed by atoms with Crippen molar-refractivity contribution < 1.29 is 4.79 Å². The van der Waals surface area contributed by atoms with Gasteiger partial charge in [-0.2, -0.15) is 0 Å². The van der Waals surface area contributed by atoms with E-state index in [9.17, 15) is 4.79 Å². The van der Waals surface area contributed by atoms with Crippen molar-refractivity contribution in [2.24, 2.45) is 11.7 Å². The van der Waals surface area contributed by atoms with Crippen LogP contribution in [-0.4, -0.2) is 18.0 Å². The van der Waals surface area contributed by atoms with Gasteiger partial charge in [0.1, 0.15) is 0 Å². The van der Waals surface area contributed by atoms with E-state index in [-0.39, 0.29) is 18.0 Å². The lowest BCUT2D eigenvalue weighted by atomic mass is 10.0. The van der Waals surface area contributed by atoms with Crippen molar-refractivity contribution in [3.05, 3.63) is 0 Å². The van der Waals surface area contributed by atoms with Crippen LogP contribution in [-0.2, 0) is 4.79 Å². The second-order valence-corrected chi connectivity index (χ2v) is 3.90. The SMILES string of the molecule is CC(C)C[C@@H](N)C(=O)NC(C)C. The van der Waals surface area contributed by atoms with Gasteiger partial charge in [-0.05, 0) is 26.2 Å². The molecule has 0 heterocycles. The van der Waals surface area contributed by atoms with Gasteiger partial charge < -0.3 is 11.1 Å². The van der Waals surface area contributed by atoms with Crippen LogP contribution in [0.5, 0.6) is 0 Å². The number of nitrogens with two attached hydrogens (primary N) is 1. The summed E-state index contributed by atoms with van der Waals surface area (Å²) < 4.78 is 0. The second kappa shape index (κ2) is 5.14. The maximum absolute atomic E-state index is 11.3. The molecule has 0 saturated carbocycles. The highest BCUT2D eigenvalue weighted by Gasteiger charge is 2.14. The third-order valence-corrected chi connectivity index (χ3v) is 1.49. The number of hydrogen-bond acceptors (Lipinski definition) is 2. The van der Waals surface area contributed by atoms with E-state index in [1.807, 2.05) is 13.8 Å². The molecule has 0 unspecified atom stereocenters. The average molecular weight is 172 g/mol. The van der Waals surface area contributed by atoms with Crippen molar-refractivity contribution in [2.45, 2.75) is 46.2 Å². The highest BCUT2D eigenvalue weighted by molar-refractivity contribution is 5.81. The molecule has 12 heavy (non-hydrogen) atoms. The van der Waals surface area contributed by atoms with E-state index >= 15 is 0 Å². The molecule has 0 aliphatic rings. The molecule has 3 heteroatoms. The number of amides is 1. The molecule has 3 nitrogen and oxygen atoms in total. The fourth-order valence-electron chi connectivity index (χ4n) is 1.01. The van der Waals surface area contributed by atoms with Crippen LogP contribution in [0.4, 0.5) is 0 Å². The van der Waals surface area contributed by atoms with Crippen LogP contribution in [0.1, 0.15) is 34.1 Å². The second-order valence-electron chi connectivity index (χ2n) is 3.90. The molecular formula is C9H20N2O. The molecule has 0 aliphatic heterocycles. The van der Waals surface area contributed by atoms with Crippen molar-refractivity contribution in [3.8, 4) is 0 Å². The number of rotatable bonds is 4. The van der Waals surface area contributed by atoms with Gasteiger partial charge in [-0.25, -0.2) is 0 Å². The van der Waals surface area contributed by atoms with E-state index in [1.54, 1.807) is 0 Å². The van der Waals surface area contributed by atoms with E-state index in [0.29, 0.717) is 5.92 Å². The molecule has 72 valence electrons. The van der Waals surface area contributed by atoms with Crippen LogP contribution in [0.2, 0.25) is 0 Å². The highest BCUT2D eigenvalue weighted by atomic mass is 16.2. The zero-order chi connectivity index (χ0) is 9.72. The van der Waals surface area contributed by atoms with Gasteiger partial charge in [-0.1, -0.05) is 13.8 Å².